The van der Waals surface area contributed by atoms with Crippen molar-refractivity contribution >= 4 is 44.9 Å². The fourth-order valence-corrected chi connectivity index (χ4v) is 3.86. The Balaban J connectivity index is 1.85. The summed E-state index contributed by atoms with van der Waals surface area (Å²) in [5.41, 5.74) is 0.902. The normalized spacial score (nSPS) is 10.9. The van der Waals surface area contributed by atoms with Crippen LogP contribution in [0.3, 0.4) is 0 Å². The first-order chi connectivity index (χ1) is 14.3. The van der Waals surface area contributed by atoms with Gasteiger partial charge >= 0.3 is 5.97 Å². The number of anilines is 2. The standard InChI is InChI=1S/C21H17ClN2O5S/c1-29-21(26)15-9-7-14(8-10-15)20(25)23-19-13-16(22)11-12-18(19)24-30(27,28)17-5-3-2-4-6-17/h2-13,24H,1H3,(H,23,25). The quantitative estimate of drug-likeness (QED) is 0.555. The van der Waals surface area contributed by atoms with Crippen LogP contribution in [-0.4, -0.2) is 27.4 Å². The van der Waals surface area contributed by atoms with Gasteiger partial charge in [0.05, 0.1) is 28.9 Å². The van der Waals surface area contributed by atoms with Crippen molar-refractivity contribution < 1.29 is 22.7 Å². The van der Waals surface area contributed by atoms with Gasteiger partial charge in [0.1, 0.15) is 0 Å². The van der Waals surface area contributed by atoms with E-state index >= 15 is 0 Å². The lowest BCUT2D eigenvalue weighted by molar-refractivity contribution is 0.0600. The average Bonchev–Trinajstić information content (AvgIpc) is 2.75. The van der Waals surface area contributed by atoms with Gasteiger partial charge in [0, 0.05) is 10.6 Å². The lowest BCUT2D eigenvalue weighted by atomic mass is 10.1. The summed E-state index contributed by atoms with van der Waals surface area (Å²) in [7, 11) is -2.60. The molecule has 0 spiro atoms. The van der Waals surface area contributed by atoms with E-state index in [9.17, 15) is 18.0 Å². The molecule has 0 unspecified atom stereocenters. The third-order valence-electron chi connectivity index (χ3n) is 4.10. The second-order valence-corrected chi connectivity index (χ2v) is 8.25. The topological polar surface area (TPSA) is 102 Å². The van der Waals surface area contributed by atoms with E-state index < -0.39 is 21.9 Å². The first kappa shape index (κ1) is 21.4. The SMILES string of the molecule is COC(=O)c1ccc(C(=O)Nc2cc(Cl)ccc2NS(=O)(=O)c2ccccc2)cc1. The van der Waals surface area contributed by atoms with Crippen molar-refractivity contribution in [2.75, 3.05) is 17.1 Å². The molecule has 2 N–H and O–H groups in total. The molecular formula is C21H17ClN2O5S. The Morgan fingerprint density at radius 2 is 1.50 bits per heavy atom. The molecule has 0 atom stereocenters. The summed E-state index contributed by atoms with van der Waals surface area (Å²) in [6.45, 7) is 0. The minimum Gasteiger partial charge on any atom is -0.465 e. The predicted octanol–water partition coefficient (Wildman–Crippen LogP) is 4.18. The molecule has 7 nitrogen and oxygen atoms in total. The fourth-order valence-electron chi connectivity index (χ4n) is 2.58. The van der Waals surface area contributed by atoms with Gasteiger partial charge in [-0.1, -0.05) is 29.8 Å². The highest BCUT2D eigenvalue weighted by Gasteiger charge is 2.17. The number of methoxy groups -OCH3 is 1. The third-order valence-corrected chi connectivity index (χ3v) is 5.71. The summed E-state index contributed by atoms with van der Waals surface area (Å²) in [6, 6.07) is 18.1. The number of nitrogens with one attached hydrogen (secondary N) is 2. The van der Waals surface area contributed by atoms with Crippen LogP contribution in [0.25, 0.3) is 0 Å². The molecule has 0 saturated carbocycles. The number of ether oxygens (including phenoxy) is 1. The van der Waals surface area contributed by atoms with Gasteiger partial charge in [-0.25, -0.2) is 13.2 Å². The molecule has 0 aromatic heterocycles. The Morgan fingerprint density at radius 3 is 2.13 bits per heavy atom. The molecule has 0 bridgehead atoms. The number of halogens is 1. The molecule has 1 amide bonds. The van der Waals surface area contributed by atoms with Crippen LogP contribution in [0.2, 0.25) is 5.02 Å². The second-order valence-electron chi connectivity index (χ2n) is 6.13. The number of carbonyl (C=O) groups excluding carboxylic acids is 2. The third kappa shape index (κ3) is 4.97. The Morgan fingerprint density at radius 1 is 0.867 bits per heavy atom. The van der Waals surface area contributed by atoms with E-state index in [-0.39, 0.29) is 21.8 Å². The summed E-state index contributed by atoms with van der Waals surface area (Å²) in [6.07, 6.45) is 0. The molecule has 0 heterocycles. The van der Waals surface area contributed by atoms with Crippen molar-refractivity contribution in [1.29, 1.82) is 0 Å². The fraction of sp³-hybridized carbons (Fsp3) is 0.0476. The number of hydrogen-bond acceptors (Lipinski definition) is 5. The van der Waals surface area contributed by atoms with Crippen LogP contribution in [0.15, 0.2) is 77.7 Å². The van der Waals surface area contributed by atoms with Crippen molar-refractivity contribution in [2.24, 2.45) is 0 Å². The number of sulfonamides is 1. The van der Waals surface area contributed by atoms with Crippen LogP contribution in [0.5, 0.6) is 0 Å². The predicted molar refractivity (Wildman–Crippen MR) is 114 cm³/mol. The summed E-state index contributed by atoms with van der Waals surface area (Å²) in [5, 5.41) is 2.95. The molecule has 0 saturated heterocycles. The van der Waals surface area contributed by atoms with E-state index in [1.54, 1.807) is 18.2 Å². The van der Waals surface area contributed by atoms with E-state index in [2.05, 4.69) is 14.8 Å². The maximum absolute atomic E-state index is 12.6. The van der Waals surface area contributed by atoms with Crippen molar-refractivity contribution in [2.45, 2.75) is 4.90 Å². The summed E-state index contributed by atoms with van der Waals surface area (Å²) in [5.74, 6) is -1.02. The zero-order valence-electron chi connectivity index (χ0n) is 15.8. The van der Waals surface area contributed by atoms with Crippen LogP contribution < -0.4 is 10.0 Å². The number of benzene rings is 3. The van der Waals surface area contributed by atoms with Gasteiger partial charge in [-0.2, -0.15) is 0 Å². The number of esters is 1. The molecule has 0 aliphatic rings. The Hall–Kier alpha value is -3.36. The van der Waals surface area contributed by atoms with E-state index in [4.69, 9.17) is 11.6 Å². The van der Waals surface area contributed by atoms with Crippen LogP contribution in [0.1, 0.15) is 20.7 Å². The van der Waals surface area contributed by atoms with E-state index in [1.165, 1.54) is 61.7 Å². The molecule has 9 heteroatoms. The number of carbonyl (C=O) groups is 2. The van der Waals surface area contributed by atoms with Crippen molar-refractivity contribution in [3.8, 4) is 0 Å². The van der Waals surface area contributed by atoms with Gasteiger partial charge in [-0.15, -0.1) is 0 Å². The van der Waals surface area contributed by atoms with Crippen LogP contribution in [0, 0.1) is 0 Å². The van der Waals surface area contributed by atoms with Gasteiger partial charge < -0.3 is 10.1 Å². The van der Waals surface area contributed by atoms with Crippen LogP contribution in [0.4, 0.5) is 11.4 Å². The van der Waals surface area contributed by atoms with E-state index in [0.717, 1.165) is 0 Å². The molecular weight excluding hydrogens is 428 g/mol. The van der Waals surface area contributed by atoms with Crippen LogP contribution in [-0.2, 0) is 14.8 Å². The lowest BCUT2D eigenvalue weighted by Crippen LogP contribution is -2.17. The zero-order valence-corrected chi connectivity index (χ0v) is 17.3. The maximum Gasteiger partial charge on any atom is 0.337 e. The molecule has 0 fully saturated rings. The largest absolute Gasteiger partial charge is 0.465 e. The van der Waals surface area contributed by atoms with Crippen molar-refractivity contribution in [3.63, 3.8) is 0 Å². The molecule has 3 aromatic rings. The van der Waals surface area contributed by atoms with E-state index in [1.807, 2.05) is 0 Å². The molecule has 3 aromatic carbocycles. The Bertz CT molecular complexity index is 1180. The first-order valence-corrected chi connectivity index (χ1v) is 10.5. The summed E-state index contributed by atoms with van der Waals surface area (Å²) < 4.78 is 32.3. The summed E-state index contributed by atoms with van der Waals surface area (Å²) in [4.78, 5) is 24.2. The number of hydrogen-bond donors (Lipinski definition) is 2. The number of amides is 1. The van der Waals surface area contributed by atoms with Gasteiger partial charge in [0.15, 0.2) is 0 Å². The Kier molecular flexibility index (Phi) is 6.39. The Labute approximate surface area is 178 Å². The molecule has 154 valence electrons. The van der Waals surface area contributed by atoms with Gasteiger partial charge in [0.2, 0.25) is 0 Å². The monoisotopic (exact) mass is 444 g/mol. The van der Waals surface area contributed by atoms with Crippen molar-refractivity contribution in [1.82, 2.24) is 0 Å². The van der Waals surface area contributed by atoms with Gasteiger partial charge in [-0.3, -0.25) is 9.52 Å². The highest BCUT2D eigenvalue weighted by atomic mass is 35.5. The van der Waals surface area contributed by atoms with Gasteiger partial charge in [-0.05, 0) is 54.6 Å². The molecule has 0 aliphatic carbocycles. The maximum atomic E-state index is 12.6. The minimum absolute atomic E-state index is 0.0793. The van der Waals surface area contributed by atoms with E-state index in [0.29, 0.717) is 10.6 Å². The second kappa shape index (κ2) is 8.98. The van der Waals surface area contributed by atoms with Crippen molar-refractivity contribution in [3.05, 3.63) is 88.9 Å². The summed E-state index contributed by atoms with van der Waals surface area (Å²) >= 11 is 6.03. The highest BCUT2D eigenvalue weighted by Crippen LogP contribution is 2.28. The lowest BCUT2D eigenvalue weighted by Gasteiger charge is -2.14. The molecule has 0 radical (unpaired) electrons. The number of rotatable bonds is 6. The van der Waals surface area contributed by atoms with Crippen LogP contribution >= 0.6 is 11.6 Å². The minimum atomic E-state index is -3.86. The average molecular weight is 445 g/mol. The zero-order chi connectivity index (χ0) is 21.7. The van der Waals surface area contributed by atoms with Gasteiger partial charge in [0.25, 0.3) is 15.9 Å². The molecule has 30 heavy (non-hydrogen) atoms. The first-order valence-electron chi connectivity index (χ1n) is 8.67. The highest BCUT2D eigenvalue weighted by molar-refractivity contribution is 7.92. The molecule has 0 aliphatic heterocycles. The smallest absolute Gasteiger partial charge is 0.337 e. The molecule has 3 rings (SSSR count).